The van der Waals surface area contributed by atoms with E-state index in [1.807, 2.05) is 6.20 Å². The third-order valence-corrected chi connectivity index (χ3v) is 4.25. The Bertz CT molecular complexity index is 778. The lowest BCUT2D eigenvalue weighted by Crippen LogP contribution is -1.94. The van der Waals surface area contributed by atoms with Crippen molar-refractivity contribution >= 4 is 16.6 Å². The second-order valence-corrected chi connectivity index (χ2v) is 5.67. The van der Waals surface area contributed by atoms with E-state index in [4.69, 9.17) is 0 Å². The molecule has 104 valence electrons. The van der Waals surface area contributed by atoms with E-state index in [1.54, 1.807) is 0 Å². The number of rotatable bonds is 3. The van der Waals surface area contributed by atoms with Gasteiger partial charge in [-0.05, 0) is 48.1 Å². The van der Waals surface area contributed by atoms with Gasteiger partial charge in [0.2, 0.25) is 0 Å². The maximum atomic E-state index is 4.57. The summed E-state index contributed by atoms with van der Waals surface area (Å²) in [5.41, 5.74) is 6.51. The van der Waals surface area contributed by atoms with Crippen LogP contribution in [0.25, 0.3) is 10.9 Å². The van der Waals surface area contributed by atoms with E-state index in [0.29, 0.717) is 0 Å². The third-order valence-electron chi connectivity index (χ3n) is 4.25. The minimum absolute atomic E-state index is 1.03. The highest BCUT2D eigenvalue weighted by atomic mass is 14.9. The van der Waals surface area contributed by atoms with Crippen molar-refractivity contribution in [1.29, 1.82) is 0 Å². The molecule has 0 aliphatic carbocycles. The van der Waals surface area contributed by atoms with Crippen LogP contribution >= 0.6 is 0 Å². The van der Waals surface area contributed by atoms with Crippen molar-refractivity contribution in [1.82, 2.24) is 4.98 Å². The number of hydrogen-bond donors (Lipinski definition) is 1. The van der Waals surface area contributed by atoms with Gasteiger partial charge in [0.25, 0.3) is 0 Å². The van der Waals surface area contributed by atoms with Gasteiger partial charge in [0.15, 0.2) is 0 Å². The van der Waals surface area contributed by atoms with Crippen LogP contribution in [0.15, 0.2) is 54.7 Å². The van der Waals surface area contributed by atoms with E-state index in [-0.39, 0.29) is 0 Å². The highest BCUT2D eigenvalue weighted by molar-refractivity contribution is 5.94. The molecule has 2 nitrogen and oxygen atoms in total. The molecule has 3 aromatic rings. The van der Waals surface area contributed by atoms with Crippen molar-refractivity contribution in [2.75, 3.05) is 11.9 Å². The lowest BCUT2D eigenvalue weighted by molar-refractivity contribution is 0.962. The molecule has 0 atom stereocenters. The number of benzene rings is 2. The normalized spacial score (nSPS) is 13.1. The fraction of sp³-hybridized carbons (Fsp3) is 0.211. The summed E-state index contributed by atoms with van der Waals surface area (Å²) in [6.07, 6.45) is 5.26. The summed E-state index contributed by atoms with van der Waals surface area (Å²) in [6.45, 7) is 1.03. The van der Waals surface area contributed by atoms with Gasteiger partial charge in [-0.3, -0.25) is 4.98 Å². The van der Waals surface area contributed by atoms with Gasteiger partial charge in [0.05, 0.1) is 5.52 Å². The van der Waals surface area contributed by atoms with Gasteiger partial charge in [0.1, 0.15) is 0 Å². The van der Waals surface area contributed by atoms with Crippen molar-refractivity contribution in [3.05, 3.63) is 71.4 Å². The van der Waals surface area contributed by atoms with Crippen LogP contribution in [0, 0.1) is 0 Å². The first-order valence-electron chi connectivity index (χ1n) is 7.58. The van der Waals surface area contributed by atoms with Gasteiger partial charge in [-0.15, -0.1) is 0 Å². The smallest absolute Gasteiger partial charge is 0.0723 e. The summed E-state index contributed by atoms with van der Waals surface area (Å²) in [7, 11) is 0. The van der Waals surface area contributed by atoms with Crippen LogP contribution in [0.1, 0.15) is 16.7 Å². The Balaban J connectivity index is 1.64. The summed E-state index contributed by atoms with van der Waals surface area (Å²) in [5, 5.41) is 4.78. The standard InChI is InChI=1S/C19H18N2/c1-2-4-14(5-3-1)6-7-15-8-9-18-17(12-15)19-16(13-21-18)10-11-20-19/h1-5,8-9,12-13,20H,6-7,10-11H2. The molecule has 2 aromatic carbocycles. The molecule has 0 saturated heterocycles. The van der Waals surface area contributed by atoms with Crippen molar-refractivity contribution in [2.24, 2.45) is 0 Å². The molecule has 0 spiro atoms. The summed E-state index contributed by atoms with van der Waals surface area (Å²) < 4.78 is 0. The molecule has 1 aromatic heterocycles. The van der Waals surface area contributed by atoms with Crippen LogP contribution in [-0.4, -0.2) is 11.5 Å². The van der Waals surface area contributed by atoms with Gasteiger partial charge >= 0.3 is 0 Å². The molecule has 1 aliphatic heterocycles. The van der Waals surface area contributed by atoms with Crippen LogP contribution in [0.3, 0.4) is 0 Å². The molecule has 0 unspecified atom stereocenters. The van der Waals surface area contributed by atoms with Crippen LogP contribution in [0.4, 0.5) is 5.69 Å². The van der Waals surface area contributed by atoms with Crippen LogP contribution in [0.5, 0.6) is 0 Å². The number of nitrogens with zero attached hydrogens (tertiary/aromatic N) is 1. The number of pyridine rings is 1. The van der Waals surface area contributed by atoms with Gasteiger partial charge in [-0.1, -0.05) is 36.4 Å². The predicted octanol–water partition coefficient (Wildman–Crippen LogP) is 3.99. The Hall–Kier alpha value is -2.35. The summed E-state index contributed by atoms with van der Waals surface area (Å²) in [6, 6.07) is 17.3. The summed E-state index contributed by atoms with van der Waals surface area (Å²) in [5.74, 6) is 0. The number of anilines is 1. The molecule has 0 bridgehead atoms. The molecule has 0 saturated carbocycles. The SMILES string of the molecule is c1ccc(CCc2ccc3ncc4c(c3c2)NCC4)cc1. The van der Waals surface area contributed by atoms with Crippen molar-refractivity contribution in [2.45, 2.75) is 19.3 Å². The second kappa shape index (κ2) is 5.21. The number of aryl methyl sites for hydroxylation is 2. The molecule has 0 fully saturated rings. The highest BCUT2D eigenvalue weighted by Crippen LogP contribution is 2.30. The van der Waals surface area contributed by atoms with Crippen molar-refractivity contribution in [3.8, 4) is 0 Å². The Labute approximate surface area is 124 Å². The van der Waals surface area contributed by atoms with Crippen molar-refractivity contribution in [3.63, 3.8) is 0 Å². The minimum atomic E-state index is 1.03. The minimum Gasteiger partial charge on any atom is -0.384 e. The topological polar surface area (TPSA) is 24.9 Å². The highest BCUT2D eigenvalue weighted by Gasteiger charge is 2.14. The number of fused-ring (bicyclic) bond motifs is 3. The molecule has 0 radical (unpaired) electrons. The third kappa shape index (κ3) is 2.38. The number of hydrogen-bond acceptors (Lipinski definition) is 2. The Morgan fingerprint density at radius 3 is 2.71 bits per heavy atom. The zero-order valence-corrected chi connectivity index (χ0v) is 12.0. The zero-order valence-electron chi connectivity index (χ0n) is 12.0. The quantitative estimate of drug-likeness (QED) is 0.781. The lowest BCUT2D eigenvalue weighted by Gasteiger charge is -2.08. The summed E-state index contributed by atoms with van der Waals surface area (Å²) in [4.78, 5) is 4.57. The largest absolute Gasteiger partial charge is 0.384 e. The van der Waals surface area contributed by atoms with Gasteiger partial charge in [-0.25, -0.2) is 0 Å². The average Bonchev–Trinajstić information content (AvgIpc) is 3.03. The molecule has 2 heteroatoms. The van der Waals surface area contributed by atoms with E-state index < -0.39 is 0 Å². The molecule has 4 rings (SSSR count). The fourth-order valence-corrected chi connectivity index (χ4v) is 3.09. The molecular weight excluding hydrogens is 256 g/mol. The second-order valence-electron chi connectivity index (χ2n) is 5.67. The zero-order chi connectivity index (χ0) is 14.1. The maximum Gasteiger partial charge on any atom is 0.0723 e. The molecular formula is C19H18N2. The van der Waals surface area contributed by atoms with E-state index in [0.717, 1.165) is 31.3 Å². The number of nitrogens with one attached hydrogen (secondary N) is 1. The predicted molar refractivity (Wildman–Crippen MR) is 87.8 cm³/mol. The average molecular weight is 274 g/mol. The van der Waals surface area contributed by atoms with Gasteiger partial charge < -0.3 is 5.32 Å². The number of aromatic nitrogens is 1. The molecule has 2 heterocycles. The molecule has 21 heavy (non-hydrogen) atoms. The van der Waals surface area contributed by atoms with E-state index in [2.05, 4.69) is 58.8 Å². The molecule has 0 amide bonds. The summed E-state index contributed by atoms with van der Waals surface area (Å²) >= 11 is 0. The van der Waals surface area contributed by atoms with Crippen LogP contribution in [0.2, 0.25) is 0 Å². The monoisotopic (exact) mass is 274 g/mol. The Kier molecular flexibility index (Phi) is 3.07. The van der Waals surface area contributed by atoms with Crippen molar-refractivity contribution < 1.29 is 0 Å². The van der Waals surface area contributed by atoms with Gasteiger partial charge in [-0.2, -0.15) is 0 Å². The fourth-order valence-electron chi connectivity index (χ4n) is 3.09. The molecule has 1 N–H and O–H groups in total. The van der Waals surface area contributed by atoms with Crippen LogP contribution < -0.4 is 5.32 Å². The first-order chi connectivity index (χ1) is 10.4. The first-order valence-corrected chi connectivity index (χ1v) is 7.58. The molecule has 1 aliphatic rings. The van der Waals surface area contributed by atoms with Crippen LogP contribution in [-0.2, 0) is 19.3 Å². The Morgan fingerprint density at radius 1 is 0.952 bits per heavy atom. The van der Waals surface area contributed by atoms with Gasteiger partial charge in [0, 0.05) is 23.8 Å². The Morgan fingerprint density at radius 2 is 1.81 bits per heavy atom. The van der Waals surface area contributed by atoms with E-state index >= 15 is 0 Å². The van der Waals surface area contributed by atoms with E-state index in [9.17, 15) is 0 Å². The first kappa shape index (κ1) is 12.4. The van der Waals surface area contributed by atoms with E-state index in [1.165, 1.54) is 27.8 Å². The lowest BCUT2D eigenvalue weighted by atomic mass is 10.0. The maximum absolute atomic E-state index is 4.57.